The third kappa shape index (κ3) is 2.47. The second-order valence-electron chi connectivity index (χ2n) is 5.24. The average Bonchev–Trinajstić information content (AvgIpc) is 2.45. The molecule has 2 heterocycles. The first kappa shape index (κ1) is 12.5. The van der Waals surface area contributed by atoms with Gasteiger partial charge in [-0.05, 0) is 30.5 Å². The van der Waals surface area contributed by atoms with Crippen molar-refractivity contribution in [3.8, 4) is 0 Å². The summed E-state index contributed by atoms with van der Waals surface area (Å²) in [5.74, 6) is 0.336. The van der Waals surface area contributed by atoms with Gasteiger partial charge in [-0.25, -0.2) is 4.79 Å². The fourth-order valence-corrected chi connectivity index (χ4v) is 3.45. The number of nitrogens with zero attached hydrogens (tertiary/aromatic N) is 2. The first-order chi connectivity index (χ1) is 9.25. The molecule has 0 bridgehead atoms. The molecule has 4 nitrogen and oxygen atoms in total. The van der Waals surface area contributed by atoms with Crippen molar-refractivity contribution >= 4 is 23.2 Å². The SMILES string of the molecule is O=C1NC(=S)C2CCCCC2N1Cc1ccncc1. The summed E-state index contributed by atoms with van der Waals surface area (Å²) in [4.78, 5) is 18.9. The molecule has 1 saturated heterocycles. The Balaban J connectivity index is 1.82. The Hall–Kier alpha value is -1.49. The molecular weight excluding hydrogens is 258 g/mol. The normalized spacial score (nSPS) is 26.8. The summed E-state index contributed by atoms with van der Waals surface area (Å²) >= 11 is 5.33. The Labute approximate surface area is 118 Å². The van der Waals surface area contributed by atoms with Gasteiger partial charge in [0.05, 0.1) is 4.99 Å². The maximum atomic E-state index is 12.2. The number of amides is 2. The number of hydrogen-bond acceptors (Lipinski definition) is 3. The molecular formula is C14H17N3OS. The van der Waals surface area contributed by atoms with Crippen LogP contribution in [0.3, 0.4) is 0 Å². The quantitative estimate of drug-likeness (QED) is 0.843. The number of thiocarbonyl (C=S) groups is 1. The highest BCUT2D eigenvalue weighted by molar-refractivity contribution is 7.80. The number of rotatable bonds is 2. The van der Waals surface area contributed by atoms with Crippen molar-refractivity contribution in [2.24, 2.45) is 5.92 Å². The highest BCUT2D eigenvalue weighted by Gasteiger charge is 2.40. The van der Waals surface area contributed by atoms with Crippen LogP contribution >= 0.6 is 12.2 Å². The number of carbonyl (C=O) groups excluding carboxylic acids is 1. The van der Waals surface area contributed by atoms with E-state index in [4.69, 9.17) is 12.2 Å². The summed E-state index contributed by atoms with van der Waals surface area (Å²) in [5.41, 5.74) is 1.11. The maximum absolute atomic E-state index is 12.2. The first-order valence-electron chi connectivity index (χ1n) is 6.76. The predicted molar refractivity (Wildman–Crippen MR) is 76.7 cm³/mol. The lowest BCUT2D eigenvalue weighted by atomic mass is 9.82. The zero-order valence-electron chi connectivity index (χ0n) is 10.7. The minimum atomic E-state index is -0.0510. The zero-order valence-corrected chi connectivity index (χ0v) is 11.5. The topological polar surface area (TPSA) is 45.2 Å². The summed E-state index contributed by atoms with van der Waals surface area (Å²) in [6, 6.07) is 4.13. The van der Waals surface area contributed by atoms with Crippen LogP contribution in [-0.4, -0.2) is 26.9 Å². The van der Waals surface area contributed by atoms with E-state index in [0.717, 1.165) is 23.4 Å². The second kappa shape index (κ2) is 5.25. The van der Waals surface area contributed by atoms with Crippen molar-refractivity contribution in [3.63, 3.8) is 0 Å². The van der Waals surface area contributed by atoms with E-state index in [1.54, 1.807) is 12.4 Å². The number of pyridine rings is 1. The molecule has 1 N–H and O–H groups in total. The van der Waals surface area contributed by atoms with Gasteiger partial charge in [-0.1, -0.05) is 25.1 Å². The van der Waals surface area contributed by atoms with Gasteiger partial charge in [-0.15, -0.1) is 0 Å². The van der Waals surface area contributed by atoms with Crippen LogP contribution in [0.1, 0.15) is 31.2 Å². The Kier molecular flexibility index (Phi) is 3.46. The molecule has 100 valence electrons. The van der Waals surface area contributed by atoms with E-state index in [-0.39, 0.29) is 12.1 Å². The molecule has 2 fully saturated rings. The molecule has 19 heavy (non-hydrogen) atoms. The van der Waals surface area contributed by atoms with E-state index in [2.05, 4.69) is 10.3 Å². The molecule has 1 aromatic rings. The lowest BCUT2D eigenvalue weighted by molar-refractivity contribution is 0.127. The summed E-state index contributed by atoms with van der Waals surface area (Å²) in [6.45, 7) is 0.637. The largest absolute Gasteiger partial charge is 0.322 e. The van der Waals surface area contributed by atoms with Crippen molar-refractivity contribution in [2.45, 2.75) is 38.3 Å². The van der Waals surface area contributed by atoms with Gasteiger partial charge < -0.3 is 10.2 Å². The second-order valence-corrected chi connectivity index (χ2v) is 5.68. The smallest absolute Gasteiger partial charge is 0.317 e. The molecule has 5 heteroatoms. The highest BCUT2D eigenvalue weighted by Crippen LogP contribution is 2.32. The van der Waals surface area contributed by atoms with Crippen molar-refractivity contribution in [1.29, 1.82) is 0 Å². The van der Waals surface area contributed by atoms with E-state index < -0.39 is 0 Å². The first-order valence-corrected chi connectivity index (χ1v) is 7.17. The fourth-order valence-electron chi connectivity index (χ4n) is 3.08. The van der Waals surface area contributed by atoms with E-state index in [1.807, 2.05) is 17.0 Å². The Morgan fingerprint density at radius 2 is 2.05 bits per heavy atom. The van der Waals surface area contributed by atoms with Gasteiger partial charge in [0.2, 0.25) is 0 Å². The lowest BCUT2D eigenvalue weighted by Gasteiger charge is -2.44. The zero-order chi connectivity index (χ0) is 13.2. The molecule has 1 aliphatic heterocycles. The number of fused-ring (bicyclic) bond motifs is 1. The van der Waals surface area contributed by atoms with E-state index >= 15 is 0 Å². The molecule has 0 radical (unpaired) electrons. The van der Waals surface area contributed by atoms with Gasteiger partial charge in [-0.2, -0.15) is 0 Å². The number of hydrogen-bond donors (Lipinski definition) is 1. The summed E-state index contributed by atoms with van der Waals surface area (Å²) in [6.07, 6.45) is 8.07. The third-order valence-corrected chi connectivity index (χ3v) is 4.46. The van der Waals surface area contributed by atoms with Gasteiger partial charge >= 0.3 is 6.03 Å². The Bertz CT molecular complexity index is 491. The number of aromatic nitrogens is 1. The Morgan fingerprint density at radius 3 is 2.84 bits per heavy atom. The minimum absolute atomic E-state index is 0.0510. The molecule has 1 aliphatic carbocycles. The van der Waals surface area contributed by atoms with Crippen LogP contribution in [0.2, 0.25) is 0 Å². The van der Waals surface area contributed by atoms with Gasteiger partial charge in [0.1, 0.15) is 0 Å². The van der Waals surface area contributed by atoms with Crippen molar-refractivity contribution in [2.75, 3.05) is 0 Å². The van der Waals surface area contributed by atoms with Gasteiger partial charge in [-0.3, -0.25) is 4.98 Å². The van der Waals surface area contributed by atoms with Crippen LogP contribution in [-0.2, 0) is 6.54 Å². The number of carbonyl (C=O) groups is 1. The van der Waals surface area contributed by atoms with Crippen LogP contribution in [0.5, 0.6) is 0 Å². The molecule has 2 atom stereocenters. The van der Waals surface area contributed by atoms with Crippen LogP contribution in [0.15, 0.2) is 24.5 Å². The van der Waals surface area contributed by atoms with Crippen LogP contribution in [0.25, 0.3) is 0 Å². The summed E-state index contributed by atoms with van der Waals surface area (Å²) in [7, 11) is 0. The van der Waals surface area contributed by atoms with Gasteiger partial charge in [0.15, 0.2) is 0 Å². The fraction of sp³-hybridized carbons (Fsp3) is 0.500. The molecule has 0 aromatic carbocycles. The summed E-state index contributed by atoms with van der Waals surface area (Å²) in [5, 5.41) is 2.85. The Morgan fingerprint density at radius 1 is 1.32 bits per heavy atom. The van der Waals surface area contributed by atoms with E-state index in [0.29, 0.717) is 12.5 Å². The molecule has 2 amide bonds. The third-order valence-electron chi connectivity index (χ3n) is 4.06. The van der Waals surface area contributed by atoms with Gasteiger partial charge in [0, 0.05) is 30.9 Å². The summed E-state index contributed by atoms with van der Waals surface area (Å²) < 4.78 is 0. The van der Waals surface area contributed by atoms with Crippen molar-refractivity contribution < 1.29 is 4.79 Å². The van der Waals surface area contributed by atoms with Crippen molar-refractivity contribution in [3.05, 3.63) is 30.1 Å². The lowest BCUT2D eigenvalue weighted by Crippen LogP contribution is -2.59. The standard InChI is InChI=1S/C14H17N3OS/c18-14-16-13(19)11-3-1-2-4-12(11)17(14)9-10-5-7-15-8-6-10/h5-8,11-12H,1-4,9H2,(H,16,18,19). The average molecular weight is 275 g/mol. The van der Waals surface area contributed by atoms with Crippen molar-refractivity contribution in [1.82, 2.24) is 15.2 Å². The van der Waals surface area contributed by atoms with E-state index in [9.17, 15) is 4.79 Å². The number of urea groups is 1. The predicted octanol–water partition coefficient (Wildman–Crippen LogP) is 2.49. The molecule has 2 aliphatic rings. The van der Waals surface area contributed by atoms with E-state index in [1.165, 1.54) is 12.8 Å². The molecule has 2 unspecified atom stereocenters. The molecule has 0 spiro atoms. The molecule has 1 saturated carbocycles. The maximum Gasteiger partial charge on any atom is 0.322 e. The number of nitrogens with one attached hydrogen (secondary N) is 1. The molecule has 1 aromatic heterocycles. The molecule has 3 rings (SSSR count). The van der Waals surface area contributed by atoms with Crippen LogP contribution in [0.4, 0.5) is 4.79 Å². The minimum Gasteiger partial charge on any atom is -0.317 e. The van der Waals surface area contributed by atoms with Crippen LogP contribution < -0.4 is 5.32 Å². The van der Waals surface area contributed by atoms with Gasteiger partial charge in [0.25, 0.3) is 0 Å². The van der Waals surface area contributed by atoms with Crippen LogP contribution in [0, 0.1) is 5.92 Å². The highest BCUT2D eigenvalue weighted by atomic mass is 32.1. The monoisotopic (exact) mass is 275 g/mol.